The van der Waals surface area contributed by atoms with E-state index in [0.29, 0.717) is 6.54 Å². The van der Waals surface area contributed by atoms with Gasteiger partial charge < -0.3 is 9.84 Å². The van der Waals surface area contributed by atoms with Crippen molar-refractivity contribution in [2.75, 3.05) is 5.32 Å². The predicted molar refractivity (Wildman–Crippen MR) is 70.0 cm³/mol. The van der Waals surface area contributed by atoms with Crippen LogP contribution in [0, 0.1) is 20.8 Å². The highest BCUT2D eigenvalue weighted by molar-refractivity contribution is 9.10. The maximum absolute atomic E-state index is 5.12. The van der Waals surface area contributed by atoms with Gasteiger partial charge in [-0.1, -0.05) is 5.16 Å². The van der Waals surface area contributed by atoms with Crippen molar-refractivity contribution >= 4 is 21.7 Å². The van der Waals surface area contributed by atoms with E-state index in [-0.39, 0.29) is 0 Å². The Balaban J connectivity index is 2.13. The van der Waals surface area contributed by atoms with E-state index in [1.807, 2.05) is 26.8 Å². The van der Waals surface area contributed by atoms with Crippen molar-refractivity contribution in [3.05, 3.63) is 39.3 Å². The van der Waals surface area contributed by atoms with Crippen molar-refractivity contribution < 1.29 is 4.52 Å². The van der Waals surface area contributed by atoms with Crippen LogP contribution >= 0.6 is 15.9 Å². The molecule has 0 aromatic carbocycles. The van der Waals surface area contributed by atoms with Gasteiger partial charge in [0.15, 0.2) is 0 Å². The molecule has 1 N–H and O–H groups in total. The zero-order valence-corrected chi connectivity index (χ0v) is 11.6. The van der Waals surface area contributed by atoms with Crippen molar-refractivity contribution in [2.24, 2.45) is 0 Å². The van der Waals surface area contributed by atoms with E-state index in [0.717, 1.165) is 32.9 Å². The molecule has 0 bridgehead atoms. The van der Waals surface area contributed by atoms with Crippen molar-refractivity contribution in [3.8, 4) is 0 Å². The number of nitrogens with one attached hydrogen (secondary N) is 1. The molecule has 5 heteroatoms. The summed E-state index contributed by atoms with van der Waals surface area (Å²) >= 11 is 3.39. The molecule has 2 rings (SSSR count). The molecule has 2 heterocycles. The summed E-state index contributed by atoms with van der Waals surface area (Å²) in [5.74, 6) is 1.73. The first-order valence-corrected chi connectivity index (χ1v) is 6.15. The van der Waals surface area contributed by atoms with Crippen LogP contribution in [0.3, 0.4) is 0 Å². The van der Waals surface area contributed by atoms with Crippen LogP contribution in [0.4, 0.5) is 5.82 Å². The largest absolute Gasteiger partial charge is 0.366 e. The molecule has 0 unspecified atom stereocenters. The zero-order valence-electron chi connectivity index (χ0n) is 10.0. The number of nitrogens with zero attached hydrogens (tertiary/aromatic N) is 2. The van der Waals surface area contributed by atoms with E-state index in [1.54, 1.807) is 6.20 Å². The van der Waals surface area contributed by atoms with Crippen LogP contribution in [-0.2, 0) is 6.54 Å². The summed E-state index contributed by atoms with van der Waals surface area (Å²) in [6, 6.07) is 2.03. The van der Waals surface area contributed by atoms with Crippen molar-refractivity contribution in [1.29, 1.82) is 0 Å². The van der Waals surface area contributed by atoms with E-state index in [4.69, 9.17) is 4.52 Å². The summed E-state index contributed by atoms with van der Waals surface area (Å²) in [4.78, 5) is 4.33. The normalized spacial score (nSPS) is 10.6. The number of anilines is 1. The highest BCUT2D eigenvalue weighted by Crippen LogP contribution is 2.19. The van der Waals surface area contributed by atoms with Gasteiger partial charge in [-0.15, -0.1) is 0 Å². The standard InChI is InChI=1S/C12H14BrN3O/c1-7-4-10(13)5-14-12(7)15-6-11-8(2)16-17-9(11)3/h4-5H,6H2,1-3H3,(H,14,15). The fourth-order valence-corrected chi connectivity index (χ4v) is 2.10. The van der Waals surface area contributed by atoms with Gasteiger partial charge >= 0.3 is 0 Å². The van der Waals surface area contributed by atoms with E-state index >= 15 is 0 Å². The lowest BCUT2D eigenvalue weighted by Gasteiger charge is -2.08. The summed E-state index contributed by atoms with van der Waals surface area (Å²) in [6.45, 7) is 6.55. The number of aromatic nitrogens is 2. The van der Waals surface area contributed by atoms with E-state index in [1.165, 1.54) is 0 Å². The molecule has 0 fully saturated rings. The highest BCUT2D eigenvalue weighted by Gasteiger charge is 2.09. The molecular weight excluding hydrogens is 282 g/mol. The average molecular weight is 296 g/mol. The summed E-state index contributed by atoms with van der Waals surface area (Å²) in [5, 5.41) is 7.21. The van der Waals surface area contributed by atoms with Crippen LogP contribution in [0.5, 0.6) is 0 Å². The van der Waals surface area contributed by atoms with Gasteiger partial charge in [-0.2, -0.15) is 0 Å². The van der Waals surface area contributed by atoms with Gasteiger partial charge in [-0.3, -0.25) is 0 Å². The van der Waals surface area contributed by atoms with Crippen molar-refractivity contribution in [3.63, 3.8) is 0 Å². The molecule has 0 saturated heterocycles. The highest BCUT2D eigenvalue weighted by atomic mass is 79.9. The first-order chi connectivity index (χ1) is 8.08. The smallest absolute Gasteiger partial charge is 0.138 e. The minimum Gasteiger partial charge on any atom is -0.366 e. The van der Waals surface area contributed by atoms with Crippen molar-refractivity contribution in [1.82, 2.24) is 10.1 Å². The van der Waals surface area contributed by atoms with Gasteiger partial charge in [-0.25, -0.2) is 4.98 Å². The number of pyridine rings is 1. The molecule has 0 radical (unpaired) electrons. The van der Waals surface area contributed by atoms with Crippen LogP contribution in [0.1, 0.15) is 22.6 Å². The monoisotopic (exact) mass is 295 g/mol. The van der Waals surface area contributed by atoms with Gasteiger partial charge in [-0.05, 0) is 48.3 Å². The number of hydrogen-bond acceptors (Lipinski definition) is 4. The first-order valence-electron chi connectivity index (χ1n) is 5.35. The molecule has 0 aliphatic heterocycles. The Morgan fingerprint density at radius 2 is 2.12 bits per heavy atom. The molecule has 4 nitrogen and oxygen atoms in total. The summed E-state index contributed by atoms with van der Waals surface area (Å²) in [5.41, 5.74) is 3.12. The maximum atomic E-state index is 5.12. The Morgan fingerprint density at radius 1 is 1.35 bits per heavy atom. The minimum absolute atomic E-state index is 0.677. The third kappa shape index (κ3) is 2.66. The van der Waals surface area contributed by atoms with Crippen LogP contribution in [0.2, 0.25) is 0 Å². The average Bonchev–Trinajstić information content (AvgIpc) is 2.58. The van der Waals surface area contributed by atoms with Crippen molar-refractivity contribution in [2.45, 2.75) is 27.3 Å². The topological polar surface area (TPSA) is 51.0 Å². The molecule has 0 aliphatic rings. The predicted octanol–water partition coefficient (Wildman–Crippen LogP) is 3.37. The Bertz CT molecular complexity index is 517. The van der Waals surface area contributed by atoms with Gasteiger partial charge in [0, 0.05) is 22.8 Å². The van der Waals surface area contributed by atoms with E-state index < -0.39 is 0 Å². The van der Waals surface area contributed by atoms with Crippen LogP contribution in [0.25, 0.3) is 0 Å². The molecule has 0 amide bonds. The molecule has 0 spiro atoms. The van der Waals surface area contributed by atoms with Crippen LogP contribution in [-0.4, -0.2) is 10.1 Å². The third-order valence-electron chi connectivity index (χ3n) is 2.66. The number of halogens is 1. The number of aryl methyl sites for hydroxylation is 3. The zero-order chi connectivity index (χ0) is 12.4. The Kier molecular flexibility index (Phi) is 3.47. The van der Waals surface area contributed by atoms with Gasteiger partial charge in [0.2, 0.25) is 0 Å². The lowest BCUT2D eigenvalue weighted by molar-refractivity contribution is 0.392. The summed E-state index contributed by atoms with van der Waals surface area (Å²) < 4.78 is 6.10. The molecule has 17 heavy (non-hydrogen) atoms. The molecule has 90 valence electrons. The second kappa shape index (κ2) is 4.87. The molecule has 0 atom stereocenters. The fraction of sp³-hybridized carbons (Fsp3) is 0.333. The minimum atomic E-state index is 0.677. The second-order valence-electron chi connectivity index (χ2n) is 3.98. The molecule has 0 saturated carbocycles. The van der Waals surface area contributed by atoms with Gasteiger partial charge in [0.25, 0.3) is 0 Å². The summed E-state index contributed by atoms with van der Waals surface area (Å²) in [7, 11) is 0. The van der Waals surface area contributed by atoms with Gasteiger partial charge in [0.1, 0.15) is 11.6 Å². The lowest BCUT2D eigenvalue weighted by atomic mass is 10.2. The van der Waals surface area contributed by atoms with Gasteiger partial charge in [0.05, 0.1) is 5.69 Å². The molecule has 2 aromatic heterocycles. The maximum Gasteiger partial charge on any atom is 0.138 e. The quantitative estimate of drug-likeness (QED) is 0.943. The molecule has 2 aromatic rings. The Hall–Kier alpha value is -1.36. The van der Waals surface area contributed by atoms with E-state index in [2.05, 4.69) is 31.4 Å². The molecule has 0 aliphatic carbocycles. The number of hydrogen-bond donors (Lipinski definition) is 1. The van der Waals surface area contributed by atoms with Crippen LogP contribution < -0.4 is 5.32 Å². The van der Waals surface area contributed by atoms with E-state index in [9.17, 15) is 0 Å². The second-order valence-corrected chi connectivity index (χ2v) is 4.89. The summed E-state index contributed by atoms with van der Waals surface area (Å²) in [6.07, 6.45) is 1.78. The Labute approximate surface area is 109 Å². The SMILES string of the molecule is Cc1cc(Br)cnc1NCc1c(C)noc1C. The third-order valence-corrected chi connectivity index (χ3v) is 3.09. The Morgan fingerprint density at radius 3 is 2.71 bits per heavy atom. The number of rotatable bonds is 3. The lowest BCUT2D eigenvalue weighted by Crippen LogP contribution is -2.04. The fourth-order valence-electron chi connectivity index (χ4n) is 1.65. The molecular formula is C12H14BrN3O. The first kappa shape index (κ1) is 12.1. The van der Waals surface area contributed by atoms with Crippen LogP contribution in [0.15, 0.2) is 21.3 Å².